The molecular weight excluding hydrogens is 554 g/mol. The molecule has 0 aliphatic rings. The molecule has 0 spiro atoms. The van der Waals surface area contributed by atoms with Crippen LogP contribution in [0, 0.1) is 11.6 Å². The second-order valence-electron chi connectivity index (χ2n) is 9.35. The molecule has 0 bridgehead atoms. The molecule has 3 heterocycles. The lowest BCUT2D eigenvalue weighted by Gasteiger charge is -2.16. The molecule has 0 fully saturated rings. The van der Waals surface area contributed by atoms with Gasteiger partial charge in [-0.3, -0.25) is 9.89 Å². The minimum atomic E-state index is -3.87. The number of primary sulfonamides is 1. The summed E-state index contributed by atoms with van der Waals surface area (Å²) in [6.07, 6.45) is 0. The molecule has 6 aromatic rings. The first-order chi connectivity index (χ1) is 19.5. The Balaban J connectivity index is 1.51. The lowest BCUT2D eigenvalue weighted by Crippen LogP contribution is -2.14. The van der Waals surface area contributed by atoms with Crippen molar-refractivity contribution in [2.75, 3.05) is 5.73 Å². The van der Waals surface area contributed by atoms with Crippen molar-refractivity contribution in [2.45, 2.75) is 17.7 Å². The first kappa shape index (κ1) is 26.2. The highest BCUT2D eigenvalue weighted by Gasteiger charge is 2.27. The van der Waals surface area contributed by atoms with Crippen LogP contribution in [0.15, 0.2) is 80.8 Å². The summed E-state index contributed by atoms with van der Waals surface area (Å²) in [6.45, 7) is 1.67. The number of benzene rings is 3. The van der Waals surface area contributed by atoms with Gasteiger partial charge in [0.05, 0.1) is 27.5 Å². The van der Waals surface area contributed by atoms with Crippen molar-refractivity contribution in [1.29, 1.82) is 0 Å². The van der Waals surface area contributed by atoms with Crippen LogP contribution in [0.4, 0.5) is 14.6 Å². The largest absolute Gasteiger partial charge is 0.459 e. The highest BCUT2D eigenvalue weighted by atomic mass is 32.2. The Kier molecular flexibility index (Phi) is 6.12. The number of rotatable bonds is 5. The fourth-order valence-corrected chi connectivity index (χ4v) is 5.25. The molecule has 3 aromatic heterocycles. The number of nitrogen functional groups attached to an aromatic ring is 1. The zero-order valence-electron chi connectivity index (χ0n) is 21.2. The summed E-state index contributed by atoms with van der Waals surface area (Å²) in [4.78, 5) is 22.5. The first-order valence-electron chi connectivity index (χ1n) is 12.2. The molecule has 5 N–H and O–H groups in total. The van der Waals surface area contributed by atoms with Gasteiger partial charge in [0.15, 0.2) is 5.65 Å². The average Bonchev–Trinajstić information content (AvgIpc) is 3.37. The van der Waals surface area contributed by atoms with Gasteiger partial charge in [-0.05, 0) is 48.9 Å². The van der Waals surface area contributed by atoms with Crippen molar-refractivity contribution in [3.63, 3.8) is 0 Å². The predicted molar refractivity (Wildman–Crippen MR) is 148 cm³/mol. The van der Waals surface area contributed by atoms with Crippen LogP contribution in [0.3, 0.4) is 0 Å². The second kappa shape index (κ2) is 9.57. The summed E-state index contributed by atoms with van der Waals surface area (Å²) in [6, 6.07) is 15.2. The molecule has 0 amide bonds. The normalized spacial score (nSPS) is 12.7. The van der Waals surface area contributed by atoms with Gasteiger partial charge in [-0.15, -0.1) is 0 Å². The number of anilines is 1. The van der Waals surface area contributed by atoms with Gasteiger partial charge in [-0.25, -0.2) is 32.3 Å². The zero-order valence-corrected chi connectivity index (χ0v) is 22.0. The van der Waals surface area contributed by atoms with Gasteiger partial charge >= 0.3 is 0 Å². The summed E-state index contributed by atoms with van der Waals surface area (Å²) in [5, 5.41) is 12.4. The van der Waals surface area contributed by atoms with Gasteiger partial charge in [-0.2, -0.15) is 5.10 Å². The summed E-state index contributed by atoms with van der Waals surface area (Å²) >= 11 is 0. The summed E-state index contributed by atoms with van der Waals surface area (Å²) in [5.74, 6) is -1.86. The first-order valence-corrected chi connectivity index (χ1v) is 13.7. The zero-order chi connectivity index (χ0) is 29.1. The molecule has 1 atom stereocenters. The fourth-order valence-electron chi connectivity index (χ4n) is 4.74. The van der Waals surface area contributed by atoms with E-state index in [1.807, 2.05) is 0 Å². The van der Waals surface area contributed by atoms with Crippen LogP contribution >= 0.6 is 0 Å². The van der Waals surface area contributed by atoms with E-state index in [9.17, 15) is 22.0 Å². The fraction of sp³-hybridized carbons (Fsp3) is 0.0714. The summed E-state index contributed by atoms with van der Waals surface area (Å²) in [7, 11) is -3.87. The van der Waals surface area contributed by atoms with Gasteiger partial charge in [0.2, 0.25) is 15.5 Å². The smallest absolute Gasteiger partial charge is 0.238 e. The van der Waals surface area contributed by atoms with Gasteiger partial charge in [0.25, 0.3) is 0 Å². The molecule has 206 valence electrons. The van der Waals surface area contributed by atoms with E-state index in [2.05, 4.69) is 20.2 Å². The second-order valence-corrected chi connectivity index (χ2v) is 10.9. The van der Waals surface area contributed by atoms with Crippen LogP contribution in [-0.2, 0) is 10.0 Å². The molecule has 10 nitrogen and oxygen atoms in total. The van der Waals surface area contributed by atoms with Crippen LogP contribution in [0.2, 0.25) is 0 Å². The highest BCUT2D eigenvalue weighted by Crippen LogP contribution is 2.36. The molecule has 6 rings (SSSR count). The molecule has 1 unspecified atom stereocenters. The Morgan fingerprint density at radius 2 is 1.68 bits per heavy atom. The maximum absolute atomic E-state index is 14.7. The van der Waals surface area contributed by atoms with Crippen LogP contribution in [0.1, 0.15) is 24.4 Å². The molecule has 13 heteroatoms. The van der Waals surface area contributed by atoms with E-state index in [-0.39, 0.29) is 50.0 Å². The van der Waals surface area contributed by atoms with Gasteiger partial charge < -0.3 is 10.2 Å². The highest BCUT2D eigenvalue weighted by molar-refractivity contribution is 7.89. The number of halogens is 2. The minimum Gasteiger partial charge on any atom is -0.459 e. The number of nitrogens with two attached hydrogens (primary N) is 2. The van der Waals surface area contributed by atoms with E-state index >= 15 is 0 Å². The number of H-pyrrole nitrogens is 1. The van der Waals surface area contributed by atoms with Crippen LogP contribution < -0.4 is 16.3 Å². The van der Waals surface area contributed by atoms with Crippen LogP contribution in [0.25, 0.3) is 44.4 Å². The van der Waals surface area contributed by atoms with Crippen molar-refractivity contribution >= 4 is 37.8 Å². The molecule has 0 radical (unpaired) electrons. The molecular formula is C28H20F2N6O4S. The van der Waals surface area contributed by atoms with Crippen molar-refractivity contribution in [3.05, 3.63) is 100 Å². The lowest BCUT2D eigenvalue weighted by molar-refractivity contribution is 0.512. The number of sulfonamides is 1. The molecule has 41 heavy (non-hydrogen) atoms. The van der Waals surface area contributed by atoms with Crippen LogP contribution in [0.5, 0.6) is 0 Å². The Hall–Kier alpha value is -5.01. The number of hydrogen-bond donors (Lipinski definition) is 3. The Morgan fingerprint density at radius 3 is 2.39 bits per heavy atom. The van der Waals surface area contributed by atoms with Gasteiger partial charge in [0.1, 0.15) is 40.0 Å². The number of aromatic nitrogens is 4. The third-order valence-corrected chi connectivity index (χ3v) is 7.65. The van der Waals surface area contributed by atoms with E-state index in [1.165, 1.54) is 54.6 Å². The molecule has 0 aliphatic heterocycles. The number of nitrogens with zero attached hydrogens (tertiary/aromatic N) is 3. The summed E-state index contributed by atoms with van der Waals surface area (Å²) in [5.41, 5.74) is 7.06. The standard InChI is InChI=1S/C28H20F2N6O4S/c1-13(25-20(15-4-2-5-16(29)12-15)24(37)21-18(30)6-3-7-19(21)40-25)27-33-26(31)22-23(35-36-28(22)34-27)14-8-10-17(11-9-14)41(32,38)39/h2-13H,1H3,(H2,32,38,39)(H3,31,33,34,35,36). The quantitative estimate of drug-likeness (QED) is 0.271. The maximum Gasteiger partial charge on any atom is 0.238 e. The molecule has 0 aliphatic carbocycles. The number of nitrogens with one attached hydrogen (secondary N) is 1. The third kappa shape index (κ3) is 4.50. The van der Waals surface area contributed by atoms with Crippen molar-refractivity contribution in [1.82, 2.24) is 20.2 Å². The van der Waals surface area contributed by atoms with Crippen molar-refractivity contribution < 1.29 is 21.6 Å². The van der Waals surface area contributed by atoms with E-state index in [1.54, 1.807) is 6.92 Å². The predicted octanol–water partition coefficient (Wildman–Crippen LogP) is 4.45. The third-order valence-electron chi connectivity index (χ3n) is 6.72. The van der Waals surface area contributed by atoms with Gasteiger partial charge in [0, 0.05) is 5.56 Å². The van der Waals surface area contributed by atoms with E-state index in [0.717, 1.165) is 12.1 Å². The Morgan fingerprint density at radius 1 is 0.951 bits per heavy atom. The number of aromatic amines is 1. The molecule has 0 saturated carbocycles. The SMILES string of the molecule is CC(c1nc(N)c2c(-c3ccc(S(N)(=O)=O)cc3)[nH]nc2n1)c1oc2cccc(F)c2c(=O)c1-c1cccc(F)c1. The maximum atomic E-state index is 14.7. The summed E-state index contributed by atoms with van der Waals surface area (Å²) < 4.78 is 58.2. The minimum absolute atomic E-state index is 0.0102. The van der Waals surface area contributed by atoms with E-state index in [0.29, 0.717) is 16.6 Å². The van der Waals surface area contributed by atoms with Gasteiger partial charge in [-0.1, -0.05) is 30.3 Å². The lowest BCUT2D eigenvalue weighted by atomic mass is 9.95. The monoisotopic (exact) mass is 574 g/mol. The molecule has 0 saturated heterocycles. The van der Waals surface area contributed by atoms with E-state index in [4.69, 9.17) is 15.3 Å². The topological polar surface area (TPSA) is 171 Å². The number of fused-ring (bicyclic) bond motifs is 2. The molecule has 3 aromatic carbocycles. The Labute approximate surface area is 230 Å². The van der Waals surface area contributed by atoms with Crippen molar-refractivity contribution in [2.24, 2.45) is 5.14 Å². The Bertz CT molecular complexity index is 2160. The average molecular weight is 575 g/mol. The number of hydrogen-bond acceptors (Lipinski definition) is 8. The van der Waals surface area contributed by atoms with Crippen molar-refractivity contribution in [3.8, 4) is 22.4 Å². The van der Waals surface area contributed by atoms with Crippen LogP contribution in [-0.4, -0.2) is 28.6 Å². The van der Waals surface area contributed by atoms with E-state index < -0.39 is 33.0 Å².